The normalized spacial score (nSPS) is 11.1. The Bertz CT molecular complexity index is 958. The number of aromatic nitrogens is 3. The van der Waals surface area contributed by atoms with Crippen molar-refractivity contribution in [3.05, 3.63) is 44.8 Å². The number of aryl methyl sites for hydroxylation is 1. The molecule has 0 fully saturated rings. The van der Waals surface area contributed by atoms with E-state index in [1.807, 2.05) is 11.4 Å². The van der Waals surface area contributed by atoms with E-state index >= 15 is 0 Å². The fourth-order valence-corrected chi connectivity index (χ4v) is 3.51. The van der Waals surface area contributed by atoms with Gasteiger partial charge in [0, 0.05) is 10.9 Å². The van der Waals surface area contributed by atoms with Crippen molar-refractivity contribution in [1.82, 2.24) is 14.7 Å². The molecule has 0 unspecified atom stereocenters. The van der Waals surface area contributed by atoms with Gasteiger partial charge in [-0.2, -0.15) is 0 Å². The van der Waals surface area contributed by atoms with Gasteiger partial charge in [0.2, 0.25) is 0 Å². The third-order valence-electron chi connectivity index (χ3n) is 4.18. The summed E-state index contributed by atoms with van der Waals surface area (Å²) < 4.78 is 17.0. The Hall–Kier alpha value is -2.61. The number of methoxy groups -OCH3 is 2. The lowest BCUT2D eigenvalue weighted by atomic mass is 10.1. The largest absolute Gasteiger partial charge is 0.493 e. The summed E-state index contributed by atoms with van der Waals surface area (Å²) in [5.41, 5.74) is 1.53. The first-order chi connectivity index (χ1) is 13.0. The van der Waals surface area contributed by atoms with Gasteiger partial charge in [-0.05, 0) is 37.0 Å². The second kappa shape index (κ2) is 8.39. The lowest BCUT2D eigenvalue weighted by Crippen LogP contribution is -2.16. The summed E-state index contributed by atoms with van der Waals surface area (Å²) >= 11 is 1.62. The molecule has 3 aromatic rings. The molecule has 8 heteroatoms. The quantitative estimate of drug-likeness (QED) is 0.585. The van der Waals surface area contributed by atoms with Crippen LogP contribution in [-0.2, 0) is 13.0 Å². The molecule has 0 aliphatic heterocycles. The fraction of sp³-hybridized carbons (Fsp3) is 0.421. The second-order valence-corrected chi connectivity index (χ2v) is 7.54. The third kappa shape index (κ3) is 4.39. The lowest BCUT2D eigenvalue weighted by Gasteiger charge is -2.09. The Kier molecular flexibility index (Phi) is 5.95. The van der Waals surface area contributed by atoms with Gasteiger partial charge in [0.1, 0.15) is 0 Å². The second-order valence-electron chi connectivity index (χ2n) is 6.59. The zero-order valence-corrected chi connectivity index (χ0v) is 16.7. The van der Waals surface area contributed by atoms with E-state index < -0.39 is 5.76 Å². The van der Waals surface area contributed by atoms with Crippen LogP contribution in [0.2, 0.25) is 0 Å². The van der Waals surface area contributed by atoms with Gasteiger partial charge in [0.25, 0.3) is 0 Å². The zero-order chi connectivity index (χ0) is 19.4. The van der Waals surface area contributed by atoms with Crippen LogP contribution in [0.1, 0.15) is 31.0 Å². The van der Waals surface area contributed by atoms with Crippen LogP contribution < -0.4 is 15.2 Å². The van der Waals surface area contributed by atoms with E-state index in [-0.39, 0.29) is 0 Å². The predicted molar refractivity (Wildman–Crippen MR) is 104 cm³/mol. The predicted octanol–water partition coefficient (Wildman–Crippen LogP) is 3.61. The highest BCUT2D eigenvalue weighted by Gasteiger charge is 2.17. The summed E-state index contributed by atoms with van der Waals surface area (Å²) in [5.74, 6) is 1.71. The molecule has 2 aromatic heterocycles. The van der Waals surface area contributed by atoms with Crippen LogP contribution >= 0.6 is 11.3 Å². The van der Waals surface area contributed by atoms with Crippen LogP contribution in [0.5, 0.6) is 11.5 Å². The molecule has 27 heavy (non-hydrogen) atoms. The van der Waals surface area contributed by atoms with Crippen LogP contribution in [-0.4, -0.2) is 28.9 Å². The highest BCUT2D eigenvalue weighted by Crippen LogP contribution is 2.31. The Labute approximate surface area is 161 Å². The lowest BCUT2D eigenvalue weighted by molar-refractivity contribution is 0.355. The Morgan fingerprint density at radius 1 is 1.22 bits per heavy atom. The fourth-order valence-electron chi connectivity index (χ4n) is 2.70. The van der Waals surface area contributed by atoms with E-state index in [2.05, 4.69) is 24.0 Å². The van der Waals surface area contributed by atoms with E-state index in [1.165, 1.54) is 4.57 Å². The highest BCUT2D eigenvalue weighted by molar-refractivity contribution is 7.09. The number of thiazole rings is 1. The average molecular weight is 389 g/mol. The molecular weight excluding hydrogens is 366 g/mol. The molecule has 0 atom stereocenters. The molecule has 0 bridgehead atoms. The van der Waals surface area contributed by atoms with Crippen molar-refractivity contribution in [2.24, 2.45) is 5.92 Å². The monoisotopic (exact) mass is 389 g/mol. The van der Waals surface area contributed by atoms with Crippen molar-refractivity contribution in [3.63, 3.8) is 0 Å². The molecule has 0 aliphatic rings. The molecule has 0 spiro atoms. The first-order valence-corrected chi connectivity index (χ1v) is 9.62. The first-order valence-electron chi connectivity index (χ1n) is 8.74. The summed E-state index contributed by atoms with van der Waals surface area (Å²) in [7, 11) is 3.13. The molecule has 0 radical (unpaired) electrons. The average Bonchev–Trinajstić information content (AvgIpc) is 3.27. The maximum Gasteiger partial charge on any atom is 0.442 e. The van der Waals surface area contributed by atoms with Crippen molar-refractivity contribution in [2.45, 2.75) is 33.2 Å². The standard InChI is InChI=1S/C19H23N3O4S/c1-12(2)5-8-17-20-14(11-27-17)10-22-18(21-26-19(22)23)13-6-7-15(24-3)16(9-13)25-4/h6-7,9,11-12H,5,8,10H2,1-4H3. The topological polar surface area (TPSA) is 79.4 Å². The van der Waals surface area contributed by atoms with Gasteiger partial charge >= 0.3 is 5.76 Å². The number of ether oxygens (including phenoxy) is 2. The number of benzene rings is 1. The molecule has 3 rings (SSSR count). The SMILES string of the molecule is COc1ccc(-c2noc(=O)n2Cc2csc(CCC(C)C)n2)cc1OC. The van der Waals surface area contributed by atoms with Crippen LogP contribution in [0.25, 0.3) is 11.4 Å². The number of hydrogen-bond acceptors (Lipinski definition) is 7. The third-order valence-corrected chi connectivity index (χ3v) is 5.14. The summed E-state index contributed by atoms with van der Waals surface area (Å²) in [6.45, 7) is 4.70. The Morgan fingerprint density at radius 3 is 2.70 bits per heavy atom. The summed E-state index contributed by atoms with van der Waals surface area (Å²) in [6, 6.07) is 5.34. The van der Waals surface area contributed by atoms with E-state index in [1.54, 1.807) is 37.7 Å². The van der Waals surface area contributed by atoms with E-state index in [0.29, 0.717) is 35.3 Å². The van der Waals surface area contributed by atoms with Crippen molar-refractivity contribution in [3.8, 4) is 22.9 Å². The highest BCUT2D eigenvalue weighted by atomic mass is 32.1. The van der Waals surface area contributed by atoms with Crippen molar-refractivity contribution in [2.75, 3.05) is 14.2 Å². The number of rotatable bonds is 8. The minimum absolute atomic E-state index is 0.310. The van der Waals surface area contributed by atoms with Crippen LogP contribution in [0.15, 0.2) is 32.9 Å². The summed E-state index contributed by atoms with van der Waals surface area (Å²) in [4.78, 5) is 16.8. The Morgan fingerprint density at radius 2 is 2.00 bits per heavy atom. The molecule has 1 aromatic carbocycles. The van der Waals surface area contributed by atoms with Crippen LogP contribution in [0, 0.1) is 5.92 Å². The van der Waals surface area contributed by atoms with Gasteiger partial charge < -0.3 is 9.47 Å². The number of hydrogen-bond donors (Lipinski definition) is 0. The number of nitrogens with zero attached hydrogens (tertiary/aromatic N) is 3. The van der Waals surface area contributed by atoms with Crippen LogP contribution in [0.3, 0.4) is 0 Å². The molecule has 0 N–H and O–H groups in total. The summed E-state index contributed by atoms with van der Waals surface area (Å²) in [5, 5.41) is 6.99. The zero-order valence-electron chi connectivity index (χ0n) is 15.9. The van der Waals surface area contributed by atoms with E-state index in [9.17, 15) is 4.79 Å². The molecule has 0 aliphatic carbocycles. The maximum atomic E-state index is 12.2. The van der Waals surface area contributed by atoms with Gasteiger partial charge in [0.05, 0.1) is 31.5 Å². The van der Waals surface area contributed by atoms with E-state index in [0.717, 1.165) is 23.5 Å². The molecule has 7 nitrogen and oxygen atoms in total. The first kappa shape index (κ1) is 19.2. The van der Waals surface area contributed by atoms with Crippen molar-refractivity contribution >= 4 is 11.3 Å². The van der Waals surface area contributed by atoms with Gasteiger partial charge in [0.15, 0.2) is 17.3 Å². The van der Waals surface area contributed by atoms with Gasteiger partial charge in [-0.25, -0.2) is 9.78 Å². The molecular formula is C19H23N3O4S. The Balaban J connectivity index is 1.86. The maximum absolute atomic E-state index is 12.2. The van der Waals surface area contributed by atoms with Crippen molar-refractivity contribution < 1.29 is 14.0 Å². The van der Waals surface area contributed by atoms with Crippen molar-refractivity contribution in [1.29, 1.82) is 0 Å². The van der Waals surface area contributed by atoms with Crippen LogP contribution in [0.4, 0.5) is 0 Å². The molecule has 0 saturated carbocycles. The summed E-state index contributed by atoms with van der Waals surface area (Å²) in [6.07, 6.45) is 2.04. The van der Waals surface area contributed by atoms with E-state index in [4.69, 9.17) is 14.0 Å². The minimum atomic E-state index is -0.517. The smallest absolute Gasteiger partial charge is 0.442 e. The van der Waals surface area contributed by atoms with Gasteiger partial charge in [-0.3, -0.25) is 9.09 Å². The molecule has 0 saturated heterocycles. The molecule has 0 amide bonds. The van der Waals surface area contributed by atoms with Gasteiger partial charge in [-0.1, -0.05) is 19.0 Å². The molecule has 144 valence electrons. The van der Waals surface area contributed by atoms with Gasteiger partial charge in [-0.15, -0.1) is 11.3 Å². The minimum Gasteiger partial charge on any atom is -0.493 e. The molecule has 2 heterocycles.